The summed E-state index contributed by atoms with van der Waals surface area (Å²) in [6.45, 7) is 9.55. The first kappa shape index (κ1) is 30.8. The number of likely N-dealkylation sites (N-methyl/N-ethyl adjacent to an activating group) is 2. The standard InChI is InChI=1S/C29H41FN4O4/c1-17(2)25(34(7)28(38)22(31)15-18-8-11-20(30)12-9-18)27(37)33-23(26(36)32-6)16-19-10-13-24(35)21(14-19)29(3,4)5/h8-14,17,22-23,25,35H,15-16,31H2,1-7H3,(H,32,36)(H,33,37)/t22-,23-,25-/m0/s1. The molecule has 0 saturated carbocycles. The lowest BCUT2D eigenvalue weighted by molar-refractivity contribution is -0.142. The van der Waals surface area contributed by atoms with Crippen molar-refractivity contribution < 1.29 is 23.9 Å². The van der Waals surface area contributed by atoms with Gasteiger partial charge in [0.15, 0.2) is 0 Å². The summed E-state index contributed by atoms with van der Waals surface area (Å²) in [5.74, 6) is -1.78. The number of nitrogens with zero attached hydrogens (tertiary/aromatic N) is 1. The fraction of sp³-hybridized carbons (Fsp3) is 0.483. The predicted molar refractivity (Wildman–Crippen MR) is 146 cm³/mol. The zero-order valence-electron chi connectivity index (χ0n) is 23.3. The lowest BCUT2D eigenvalue weighted by Gasteiger charge is -2.33. The van der Waals surface area contributed by atoms with Gasteiger partial charge in [0.25, 0.3) is 0 Å². The van der Waals surface area contributed by atoms with Crippen LogP contribution in [0.3, 0.4) is 0 Å². The van der Waals surface area contributed by atoms with Crippen LogP contribution in [-0.2, 0) is 32.6 Å². The highest BCUT2D eigenvalue weighted by Gasteiger charge is 2.34. The molecule has 2 aromatic rings. The molecule has 3 atom stereocenters. The van der Waals surface area contributed by atoms with Gasteiger partial charge in [-0.3, -0.25) is 14.4 Å². The van der Waals surface area contributed by atoms with Gasteiger partial charge in [-0.1, -0.05) is 58.9 Å². The molecule has 0 spiro atoms. The normalized spacial score (nSPS) is 13.9. The lowest BCUT2D eigenvalue weighted by Crippen LogP contribution is -2.58. The van der Waals surface area contributed by atoms with Crippen LogP contribution in [0.4, 0.5) is 4.39 Å². The number of benzene rings is 2. The van der Waals surface area contributed by atoms with Crippen LogP contribution in [0.5, 0.6) is 5.75 Å². The molecule has 0 unspecified atom stereocenters. The summed E-state index contributed by atoms with van der Waals surface area (Å²) in [4.78, 5) is 40.6. The van der Waals surface area contributed by atoms with Gasteiger partial charge in [-0.2, -0.15) is 0 Å². The molecule has 0 fully saturated rings. The van der Waals surface area contributed by atoms with Gasteiger partial charge in [0.2, 0.25) is 17.7 Å². The van der Waals surface area contributed by atoms with Crippen LogP contribution in [0.25, 0.3) is 0 Å². The number of hydrogen-bond acceptors (Lipinski definition) is 5. The first-order valence-corrected chi connectivity index (χ1v) is 12.8. The SMILES string of the molecule is CNC(=O)[C@H](Cc1ccc(O)c(C(C)(C)C)c1)NC(=O)[C@H](C(C)C)N(C)C(=O)[C@@H](N)Cc1ccc(F)cc1. The molecule has 2 aromatic carbocycles. The third-order valence-corrected chi connectivity index (χ3v) is 6.54. The Morgan fingerprint density at radius 3 is 2.11 bits per heavy atom. The number of halogens is 1. The minimum Gasteiger partial charge on any atom is -0.508 e. The molecule has 8 nitrogen and oxygen atoms in total. The van der Waals surface area contributed by atoms with E-state index in [9.17, 15) is 23.9 Å². The van der Waals surface area contributed by atoms with E-state index in [0.717, 1.165) is 11.1 Å². The number of phenolic OH excluding ortho intramolecular Hbond substituents is 1. The summed E-state index contributed by atoms with van der Waals surface area (Å²) in [7, 11) is 3.00. The van der Waals surface area contributed by atoms with Crippen molar-refractivity contribution in [2.75, 3.05) is 14.1 Å². The molecule has 0 aliphatic carbocycles. The van der Waals surface area contributed by atoms with E-state index in [4.69, 9.17) is 5.73 Å². The van der Waals surface area contributed by atoms with Crippen molar-refractivity contribution in [1.82, 2.24) is 15.5 Å². The van der Waals surface area contributed by atoms with E-state index in [-0.39, 0.29) is 41.6 Å². The zero-order valence-corrected chi connectivity index (χ0v) is 23.3. The number of carbonyl (C=O) groups excluding carboxylic acids is 3. The number of hydrogen-bond donors (Lipinski definition) is 4. The first-order chi connectivity index (χ1) is 17.6. The van der Waals surface area contributed by atoms with Gasteiger partial charge < -0.3 is 26.4 Å². The van der Waals surface area contributed by atoms with Crippen molar-refractivity contribution in [2.45, 2.75) is 71.0 Å². The fourth-order valence-electron chi connectivity index (χ4n) is 4.47. The van der Waals surface area contributed by atoms with Crippen molar-refractivity contribution in [2.24, 2.45) is 11.7 Å². The third kappa shape index (κ3) is 8.02. The highest BCUT2D eigenvalue weighted by molar-refractivity contribution is 5.93. The average molecular weight is 529 g/mol. The van der Waals surface area contributed by atoms with Crippen LogP contribution in [0, 0.1) is 11.7 Å². The van der Waals surface area contributed by atoms with E-state index in [2.05, 4.69) is 10.6 Å². The van der Waals surface area contributed by atoms with E-state index in [0.29, 0.717) is 5.56 Å². The second kappa shape index (κ2) is 12.9. The van der Waals surface area contributed by atoms with Crippen LogP contribution in [0.2, 0.25) is 0 Å². The molecule has 0 radical (unpaired) electrons. The summed E-state index contributed by atoms with van der Waals surface area (Å²) in [5.41, 5.74) is 8.05. The minimum atomic E-state index is -0.929. The van der Waals surface area contributed by atoms with Gasteiger partial charge in [0.1, 0.15) is 23.7 Å². The molecule has 0 aliphatic rings. The molecule has 0 heterocycles. The van der Waals surface area contributed by atoms with Crippen molar-refractivity contribution in [3.63, 3.8) is 0 Å². The summed E-state index contributed by atoms with van der Waals surface area (Å²) in [5, 5.41) is 15.7. The Hall–Kier alpha value is -3.46. The van der Waals surface area contributed by atoms with Crippen molar-refractivity contribution in [1.29, 1.82) is 0 Å². The molecule has 0 saturated heterocycles. The van der Waals surface area contributed by atoms with Crippen LogP contribution in [0.15, 0.2) is 42.5 Å². The molecule has 9 heteroatoms. The topological polar surface area (TPSA) is 125 Å². The maximum atomic E-state index is 13.4. The zero-order chi connectivity index (χ0) is 28.8. The molecule has 208 valence electrons. The molecule has 2 rings (SSSR count). The Morgan fingerprint density at radius 1 is 1.00 bits per heavy atom. The smallest absolute Gasteiger partial charge is 0.243 e. The molecule has 5 N–H and O–H groups in total. The van der Waals surface area contributed by atoms with Gasteiger partial charge in [0.05, 0.1) is 6.04 Å². The lowest BCUT2D eigenvalue weighted by atomic mass is 9.84. The minimum absolute atomic E-state index is 0.166. The van der Waals surface area contributed by atoms with E-state index >= 15 is 0 Å². The molecular formula is C29H41FN4O4. The van der Waals surface area contributed by atoms with Gasteiger partial charge >= 0.3 is 0 Å². The Labute approximate surface area is 224 Å². The highest BCUT2D eigenvalue weighted by Crippen LogP contribution is 2.31. The summed E-state index contributed by atoms with van der Waals surface area (Å²) in [6, 6.07) is 8.18. The van der Waals surface area contributed by atoms with Crippen LogP contribution in [0.1, 0.15) is 51.3 Å². The average Bonchev–Trinajstić information content (AvgIpc) is 2.84. The van der Waals surface area contributed by atoms with Gasteiger partial charge in [-0.05, 0) is 52.6 Å². The van der Waals surface area contributed by atoms with Crippen molar-refractivity contribution in [3.05, 3.63) is 65.0 Å². The van der Waals surface area contributed by atoms with Gasteiger partial charge in [0, 0.05) is 20.5 Å². The van der Waals surface area contributed by atoms with E-state index in [1.807, 2.05) is 40.7 Å². The van der Waals surface area contributed by atoms with E-state index < -0.39 is 29.9 Å². The Bertz CT molecular complexity index is 1130. The predicted octanol–water partition coefficient (Wildman–Crippen LogP) is 2.66. The number of aromatic hydroxyl groups is 1. The Morgan fingerprint density at radius 2 is 1.58 bits per heavy atom. The largest absolute Gasteiger partial charge is 0.508 e. The number of nitrogens with two attached hydrogens (primary N) is 1. The number of nitrogens with one attached hydrogen (secondary N) is 2. The van der Waals surface area contributed by atoms with Gasteiger partial charge in [-0.15, -0.1) is 0 Å². The van der Waals surface area contributed by atoms with Crippen LogP contribution in [-0.4, -0.2) is 59.9 Å². The van der Waals surface area contributed by atoms with Crippen molar-refractivity contribution >= 4 is 17.7 Å². The molecule has 3 amide bonds. The molecule has 38 heavy (non-hydrogen) atoms. The third-order valence-electron chi connectivity index (χ3n) is 6.54. The van der Waals surface area contributed by atoms with E-state index in [1.54, 1.807) is 24.3 Å². The van der Waals surface area contributed by atoms with Gasteiger partial charge in [-0.25, -0.2) is 4.39 Å². The van der Waals surface area contributed by atoms with E-state index in [1.165, 1.54) is 31.1 Å². The monoisotopic (exact) mass is 528 g/mol. The molecule has 0 aromatic heterocycles. The number of rotatable bonds is 10. The second-order valence-electron chi connectivity index (χ2n) is 11.1. The molecular weight excluding hydrogens is 487 g/mol. The van der Waals surface area contributed by atoms with Crippen LogP contribution >= 0.6 is 0 Å². The fourth-order valence-corrected chi connectivity index (χ4v) is 4.47. The Kier molecular flexibility index (Phi) is 10.4. The maximum absolute atomic E-state index is 13.4. The Balaban J connectivity index is 2.22. The van der Waals surface area contributed by atoms with Crippen molar-refractivity contribution in [3.8, 4) is 5.75 Å². The molecule has 0 bridgehead atoms. The summed E-state index contributed by atoms with van der Waals surface area (Å²) in [6.07, 6.45) is 0.384. The number of amides is 3. The maximum Gasteiger partial charge on any atom is 0.243 e. The summed E-state index contributed by atoms with van der Waals surface area (Å²) >= 11 is 0. The second-order valence-corrected chi connectivity index (χ2v) is 11.1. The van der Waals surface area contributed by atoms with Crippen LogP contribution < -0.4 is 16.4 Å². The number of carbonyl (C=O) groups is 3. The molecule has 0 aliphatic heterocycles. The summed E-state index contributed by atoms with van der Waals surface area (Å²) < 4.78 is 13.2. The first-order valence-electron chi connectivity index (χ1n) is 12.8. The quantitative estimate of drug-likeness (QED) is 0.377. The highest BCUT2D eigenvalue weighted by atomic mass is 19.1. The number of phenols is 1.